The van der Waals surface area contributed by atoms with Crippen LogP contribution in [0, 0.1) is 5.92 Å². The third-order valence-corrected chi connectivity index (χ3v) is 9.38. The molecule has 10 heteroatoms. The van der Waals surface area contributed by atoms with E-state index in [1.165, 1.54) is 32.8 Å². The molecular weight excluding hydrogens is 566 g/mol. The Bertz CT molecular complexity index is 1870. The quantitative estimate of drug-likeness (QED) is 0.186. The van der Waals surface area contributed by atoms with Crippen LogP contribution in [-0.2, 0) is 9.53 Å². The second-order valence-corrected chi connectivity index (χ2v) is 12.7. The van der Waals surface area contributed by atoms with Crippen LogP contribution in [0.1, 0.15) is 76.0 Å². The van der Waals surface area contributed by atoms with E-state index in [1.807, 2.05) is 37.1 Å². The van der Waals surface area contributed by atoms with Crippen LogP contribution in [0.5, 0.6) is 0 Å². The van der Waals surface area contributed by atoms with Crippen molar-refractivity contribution in [3.63, 3.8) is 0 Å². The maximum Gasteiger partial charge on any atom is 0.407 e. The number of hydrogen-bond donors (Lipinski definition) is 3. The summed E-state index contributed by atoms with van der Waals surface area (Å²) in [5.41, 5.74) is 6.68. The fraction of sp³-hybridized carbons (Fsp3) is 0.400. The molecule has 4 heterocycles. The van der Waals surface area contributed by atoms with Gasteiger partial charge in [0.25, 0.3) is 0 Å². The van der Waals surface area contributed by atoms with Crippen molar-refractivity contribution in [2.24, 2.45) is 5.92 Å². The van der Waals surface area contributed by atoms with Gasteiger partial charge in [0.1, 0.15) is 17.7 Å². The second-order valence-electron chi connectivity index (χ2n) is 12.7. The molecule has 0 unspecified atom stereocenters. The van der Waals surface area contributed by atoms with Gasteiger partial charge in [-0.2, -0.15) is 0 Å². The number of carbonyl (C=O) groups excluding carboxylic acids is 2. The van der Waals surface area contributed by atoms with Gasteiger partial charge in [-0.15, -0.1) is 0 Å². The molecule has 5 aromatic rings. The number of nitrogens with one attached hydrogen (secondary N) is 3. The molecule has 45 heavy (non-hydrogen) atoms. The van der Waals surface area contributed by atoms with Crippen LogP contribution in [-0.4, -0.2) is 61.5 Å². The van der Waals surface area contributed by atoms with E-state index in [0.29, 0.717) is 12.5 Å². The zero-order valence-electron chi connectivity index (χ0n) is 26.0. The monoisotopic (exact) mass is 605 g/mol. The third kappa shape index (κ3) is 5.65. The Balaban J connectivity index is 1.11. The van der Waals surface area contributed by atoms with Gasteiger partial charge < -0.3 is 24.9 Å². The molecule has 1 saturated carbocycles. The van der Waals surface area contributed by atoms with Crippen molar-refractivity contribution in [2.75, 3.05) is 13.7 Å². The first-order valence-electron chi connectivity index (χ1n) is 16.0. The molecule has 0 radical (unpaired) electrons. The van der Waals surface area contributed by atoms with Gasteiger partial charge in [0.05, 0.1) is 47.3 Å². The zero-order valence-corrected chi connectivity index (χ0v) is 26.0. The average molecular weight is 606 g/mol. The first-order valence-corrected chi connectivity index (χ1v) is 16.0. The summed E-state index contributed by atoms with van der Waals surface area (Å²) in [6, 6.07) is 15.8. The topological polar surface area (TPSA) is 129 Å². The van der Waals surface area contributed by atoms with Crippen molar-refractivity contribution >= 4 is 33.9 Å². The van der Waals surface area contributed by atoms with Gasteiger partial charge in [-0.3, -0.25) is 4.79 Å². The van der Waals surface area contributed by atoms with E-state index in [-0.39, 0.29) is 17.9 Å². The number of imidazole rings is 2. The molecule has 2 fully saturated rings. The van der Waals surface area contributed by atoms with Crippen LogP contribution in [0.15, 0.2) is 54.7 Å². The number of benzene rings is 2. The van der Waals surface area contributed by atoms with Crippen molar-refractivity contribution in [1.82, 2.24) is 35.1 Å². The fourth-order valence-corrected chi connectivity index (χ4v) is 6.88. The smallest absolute Gasteiger partial charge is 0.407 e. The number of H-pyrrole nitrogens is 2. The standard InChI is InChI=1S/C35H39N7O3/c1-20(2)31(41-35(44)45-3)34(43)42-16-6-9-30(42)33-38-27-15-12-24(18-28(27)39-33)26-13-10-22-17-23(11-14-25(22)37-26)29-19-36-32(40-29)21-7-4-5-8-21/h10-15,17-21,30-31H,4-9,16H2,1-3H3,(H,36,40)(H,38,39)(H,41,44)/t30-,31-/m0/s1. The molecule has 0 bridgehead atoms. The first kappa shape index (κ1) is 29.0. The lowest BCUT2D eigenvalue weighted by Crippen LogP contribution is -2.51. The van der Waals surface area contributed by atoms with E-state index in [1.54, 1.807) is 0 Å². The van der Waals surface area contributed by atoms with Crippen LogP contribution in [0.2, 0.25) is 0 Å². The number of amides is 2. The van der Waals surface area contributed by atoms with Gasteiger partial charge in [-0.25, -0.2) is 19.7 Å². The molecule has 10 nitrogen and oxygen atoms in total. The van der Waals surface area contributed by atoms with E-state index in [4.69, 9.17) is 14.7 Å². The first-order chi connectivity index (χ1) is 21.9. The number of fused-ring (bicyclic) bond motifs is 2. The van der Waals surface area contributed by atoms with E-state index in [2.05, 4.69) is 56.7 Å². The average Bonchev–Trinajstić information content (AvgIpc) is 3.88. The predicted octanol–water partition coefficient (Wildman–Crippen LogP) is 6.87. The second kappa shape index (κ2) is 12.0. The minimum atomic E-state index is -0.669. The molecule has 2 aromatic carbocycles. The molecule has 3 aromatic heterocycles. The molecule has 1 aliphatic carbocycles. The van der Waals surface area contributed by atoms with E-state index >= 15 is 0 Å². The van der Waals surface area contributed by atoms with E-state index < -0.39 is 12.1 Å². The van der Waals surface area contributed by atoms with Gasteiger partial charge in [0, 0.05) is 29.0 Å². The number of rotatable bonds is 7. The minimum absolute atomic E-state index is 0.0861. The highest BCUT2D eigenvalue weighted by molar-refractivity contribution is 5.88. The number of aromatic amines is 2. The number of alkyl carbamates (subject to hydrolysis) is 1. The van der Waals surface area contributed by atoms with Crippen LogP contribution in [0.4, 0.5) is 4.79 Å². The maximum absolute atomic E-state index is 13.5. The highest BCUT2D eigenvalue weighted by Crippen LogP contribution is 2.35. The Morgan fingerprint density at radius 3 is 2.51 bits per heavy atom. The number of hydrogen-bond acceptors (Lipinski definition) is 6. The van der Waals surface area contributed by atoms with Crippen molar-refractivity contribution in [3.05, 3.63) is 66.4 Å². The zero-order chi connectivity index (χ0) is 31.1. The fourth-order valence-electron chi connectivity index (χ4n) is 6.88. The molecule has 1 aliphatic heterocycles. The Kier molecular flexibility index (Phi) is 7.73. The summed E-state index contributed by atoms with van der Waals surface area (Å²) < 4.78 is 4.76. The minimum Gasteiger partial charge on any atom is -0.453 e. The van der Waals surface area contributed by atoms with E-state index in [0.717, 1.165) is 68.9 Å². The predicted molar refractivity (Wildman–Crippen MR) is 173 cm³/mol. The number of ether oxygens (including phenoxy) is 1. The summed E-state index contributed by atoms with van der Waals surface area (Å²) in [4.78, 5) is 48.9. The van der Waals surface area contributed by atoms with Gasteiger partial charge in [0.15, 0.2) is 0 Å². The summed E-state index contributed by atoms with van der Waals surface area (Å²) in [5, 5.41) is 3.78. The van der Waals surface area contributed by atoms with Crippen molar-refractivity contribution in [2.45, 2.75) is 70.4 Å². The lowest BCUT2D eigenvalue weighted by atomic mass is 10.0. The summed E-state index contributed by atoms with van der Waals surface area (Å²) in [5.74, 6) is 2.21. The number of carbonyl (C=O) groups is 2. The molecule has 7 rings (SSSR count). The molecule has 3 N–H and O–H groups in total. The van der Waals surface area contributed by atoms with Crippen molar-refractivity contribution in [3.8, 4) is 22.5 Å². The lowest BCUT2D eigenvalue weighted by molar-refractivity contribution is -0.135. The lowest BCUT2D eigenvalue weighted by Gasteiger charge is -2.29. The molecule has 232 valence electrons. The Hall–Kier alpha value is -4.73. The molecule has 1 saturated heterocycles. The largest absolute Gasteiger partial charge is 0.453 e. The number of likely N-dealkylation sites (tertiary alicyclic amines) is 1. The number of pyridine rings is 1. The van der Waals surface area contributed by atoms with Gasteiger partial charge in [0.2, 0.25) is 5.91 Å². The molecule has 2 amide bonds. The Morgan fingerprint density at radius 1 is 0.911 bits per heavy atom. The summed E-state index contributed by atoms with van der Waals surface area (Å²) in [6.45, 7) is 4.44. The summed E-state index contributed by atoms with van der Waals surface area (Å²) >= 11 is 0. The van der Waals surface area contributed by atoms with Crippen molar-refractivity contribution in [1.29, 1.82) is 0 Å². The molecular formula is C35H39N7O3. The SMILES string of the molecule is COC(=O)N[C@H](C(=O)N1CCC[C@H]1c1nc2ccc(-c3ccc4cc(-c5cnc(C6CCCC6)[nH]5)ccc4n3)cc2[nH]1)C(C)C. The molecule has 2 aliphatic rings. The van der Waals surface area contributed by atoms with Gasteiger partial charge >= 0.3 is 6.09 Å². The van der Waals surface area contributed by atoms with Gasteiger partial charge in [-0.1, -0.05) is 44.9 Å². The molecule has 0 spiro atoms. The number of nitrogens with zero attached hydrogens (tertiary/aromatic N) is 4. The van der Waals surface area contributed by atoms with Crippen LogP contribution < -0.4 is 5.32 Å². The third-order valence-electron chi connectivity index (χ3n) is 9.38. The van der Waals surface area contributed by atoms with Gasteiger partial charge in [-0.05, 0) is 61.9 Å². The summed E-state index contributed by atoms with van der Waals surface area (Å²) in [6.07, 6.45) is 8.02. The Morgan fingerprint density at radius 2 is 1.71 bits per heavy atom. The summed E-state index contributed by atoms with van der Waals surface area (Å²) in [7, 11) is 1.30. The van der Waals surface area contributed by atoms with Crippen LogP contribution in [0.3, 0.4) is 0 Å². The number of aromatic nitrogens is 5. The maximum atomic E-state index is 13.5. The normalized spacial score (nSPS) is 17.9. The Labute approximate surface area is 262 Å². The van der Waals surface area contributed by atoms with E-state index in [9.17, 15) is 9.59 Å². The van der Waals surface area contributed by atoms with Crippen LogP contribution in [0.25, 0.3) is 44.5 Å². The van der Waals surface area contributed by atoms with Crippen LogP contribution >= 0.6 is 0 Å². The number of methoxy groups -OCH3 is 1. The highest BCUT2D eigenvalue weighted by Gasteiger charge is 2.37. The van der Waals surface area contributed by atoms with Crippen molar-refractivity contribution < 1.29 is 14.3 Å². The molecule has 2 atom stereocenters. The highest BCUT2D eigenvalue weighted by atomic mass is 16.5.